The van der Waals surface area contributed by atoms with Crippen molar-refractivity contribution in [1.82, 2.24) is 20.5 Å². The van der Waals surface area contributed by atoms with E-state index < -0.39 is 0 Å². The molecule has 0 radical (unpaired) electrons. The molecular weight excluding hydrogens is 366 g/mol. The summed E-state index contributed by atoms with van der Waals surface area (Å²) < 4.78 is 5.50. The molecule has 162 valence electrons. The summed E-state index contributed by atoms with van der Waals surface area (Å²) in [5.74, 6) is 1.62. The number of pyridine rings is 1. The predicted molar refractivity (Wildman–Crippen MR) is 116 cm³/mol. The molecule has 0 aliphatic carbocycles. The number of urea groups is 1. The smallest absolute Gasteiger partial charge is 0.315 e. The number of hydrogen-bond acceptors (Lipinski definition) is 5. The normalized spacial score (nSPS) is 18.8. The summed E-state index contributed by atoms with van der Waals surface area (Å²) in [5.41, 5.74) is 1.02. The molecule has 0 spiro atoms. The second-order valence-electron chi connectivity index (χ2n) is 8.07. The lowest BCUT2D eigenvalue weighted by Gasteiger charge is -2.38. The van der Waals surface area contributed by atoms with Crippen molar-refractivity contribution in [2.24, 2.45) is 5.92 Å². The average molecular weight is 404 g/mol. The summed E-state index contributed by atoms with van der Waals surface area (Å²) in [5, 5.41) is 6.07. The van der Waals surface area contributed by atoms with E-state index in [1.165, 1.54) is 12.8 Å². The molecule has 7 nitrogen and oxygen atoms in total. The van der Waals surface area contributed by atoms with E-state index in [4.69, 9.17) is 4.74 Å². The first kappa shape index (κ1) is 21.8. The third-order valence-electron chi connectivity index (χ3n) is 6.27. The van der Waals surface area contributed by atoms with E-state index in [1.54, 1.807) is 0 Å². The number of morpholine rings is 1. The molecule has 0 aromatic carbocycles. The Morgan fingerprint density at radius 3 is 2.45 bits per heavy atom. The van der Waals surface area contributed by atoms with E-state index in [0.717, 1.165) is 63.6 Å². The lowest BCUT2D eigenvalue weighted by molar-refractivity contribution is 0.00237. The van der Waals surface area contributed by atoms with Gasteiger partial charge in [-0.3, -0.25) is 4.90 Å². The minimum Gasteiger partial charge on any atom is -0.379 e. The molecule has 2 amide bonds. The minimum atomic E-state index is -0.113. The first-order valence-corrected chi connectivity index (χ1v) is 11.2. The van der Waals surface area contributed by atoms with Gasteiger partial charge in [0.05, 0.1) is 13.2 Å². The van der Waals surface area contributed by atoms with Crippen LogP contribution in [0, 0.1) is 5.92 Å². The molecule has 3 rings (SSSR count). The van der Waals surface area contributed by atoms with Crippen LogP contribution in [0.2, 0.25) is 0 Å². The monoisotopic (exact) mass is 403 g/mol. The lowest BCUT2D eigenvalue weighted by atomic mass is 9.92. The van der Waals surface area contributed by atoms with Crippen molar-refractivity contribution in [1.29, 1.82) is 0 Å². The Bertz CT molecular complexity index is 608. The van der Waals surface area contributed by atoms with Crippen LogP contribution in [0.5, 0.6) is 0 Å². The molecular formula is C22H37N5O2. The van der Waals surface area contributed by atoms with Crippen LogP contribution in [0.1, 0.15) is 45.1 Å². The molecule has 1 aromatic heterocycles. The quantitative estimate of drug-likeness (QED) is 0.663. The molecule has 2 N–H and O–H groups in total. The minimum absolute atomic E-state index is 0.113. The maximum absolute atomic E-state index is 12.4. The first-order chi connectivity index (χ1) is 14.2. The van der Waals surface area contributed by atoms with Crippen molar-refractivity contribution in [2.45, 2.75) is 52.1 Å². The van der Waals surface area contributed by atoms with Gasteiger partial charge in [-0.1, -0.05) is 32.8 Å². The van der Waals surface area contributed by atoms with Crippen LogP contribution in [0.3, 0.4) is 0 Å². The topological polar surface area (TPSA) is 69.7 Å². The summed E-state index contributed by atoms with van der Waals surface area (Å²) in [7, 11) is 0. The molecule has 1 atom stereocenters. The molecule has 2 saturated heterocycles. The van der Waals surface area contributed by atoms with Crippen LogP contribution < -0.4 is 15.5 Å². The summed E-state index contributed by atoms with van der Waals surface area (Å²) >= 11 is 0. The van der Waals surface area contributed by atoms with E-state index >= 15 is 0 Å². The summed E-state index contributed by atoms with van der Waals surface area (Å²) in [6.07, 6.45) is 6.60. The number of anilines is 1. The van der Waals surface area contributed by atoms with Gasteiger partial charge in [-0.05, 0) is 30.4 Å². The van der Waals surface area contributed by atoms with Gasteiger partial charge in [0.15, 0.2) is 0 Å². The maximum Gasteiger partial charge on any atom is 0.315 e. The summed E-state index contributed by atoms with van der Waals surface area (Å²) in [4.78, 5) is 21.7. The standard InChI is InChI=1S/C22H37N5O2/c1-3-19(4-2)20(26-11-13-29-14-12-26)17-25-22(28)24-16-18-7-8-21(23-15-18)27-9-5-6-10-27/h7-8,15,19-20H,3-6,9-14,16-17H2,1-2H3,(H2,24,25,28). The van der Waals surface area contributed by atoms with Gasteiger partial charge in [-0.15, -0.1) is 0 Å². The van der Waals surface area contributed by atoms with E-state index in [0.29, 0.717) is 25.0 Å². The molecule has 2 fully saturated rings. The second-order valence-corrected chi connectivity index (χ2v) is 8.07. The van der Waals surface area contributed by atoms with Gasteiger partial charge in [0.2, 0.25) is 0 Å². The van der Waals surface area contributed by atoms with Gasteiger partial charge >= 0.3 is 6.03 Å². The van der Waals surface area contributed by atoms with Crippen LogP contribution in [-0.4, -0.2) is 67.9 Å². The molecule has 29 heavy (non-hydrogen) atoms. The van der Waals surface area contributed by atoms with Gasteiger partial charge in [-0.25, -0.2) is 9.78 Å². The number of nitrogens with zero attached hydrogens (tertiary/aromatic N) is 3. The zero-order valence-corrected chi connectivity index (χ0v) is 18.0. The van der Waals surface area contributed by atoms with Crippen LogP contribution in [0.25, 0.3) is 0 Å². The molecule has 0 bridgehead atoms. The molecule has 7 heteroatoms. The predicted octanol–water partition coefficient (Wildman–Crippen LogP) is 2.62. The fraction of sp³-hybridized carbons (Fsp3) is 0.727. The Hall–Kier alpha value is -1.86. The van der Waals surface area contributed by atoms with Gasteiger partial charge in [-0.2, -0.15) is 0 Å². The molecule has 0 saturated carbocycles. The number of carbonyl (C=O) groups is 1. The van der Waals surface area contributed by atoms with E-state index in [1.807, 2.05) is 6.20 Å². The lowest BCUT2D eigenvalue weighted by Crippen LogP contribution is -2.53. The van der Waals surface area contributed by atoms with Crippen LogP contribution in [-0.2, 0) is 11.3 Å². The highest BCUT2D eigenvalue weighted by Gasteiger charge is 2.27. The molecule has 1 aromatic rings. The third kappa shape index (κ3) is 6.31. The summed E-state index contributed by atoms with van der Waals surface area (Å²) in [6, 6.07) is 4.36. The number of rotatable bonds is 9. The van der Waals surface area contributed by atoms with Gasteiger partial charge < -0.3 is 20.3 Å². The van der Waals surface area contributed by atoms with E-state index in [-0.39, 0.29) is 6.03 Å². The number of carbonyl (C=O) groups excluding carboxylic acids is 1. The molecule has 3 heterocycles. The van der Waals surface area contributed by atoms with E-state index in [9.17, 15) is 4.79 Å². The van der Waals surface area contributed by atoms with Crippen molar-refractivity contribution in [3.63, 3.8) is 0 Å². The van der Waals surface area contributed by atoms with Gasteiger partial charge in [0.1, 0.15) is 5.82 Å². The van der Waals surface area contributed by atoms with Crippen molar-refractivity contribution in [2.75, 3.05) is 50.8 Å². The van der Waals surface area contributed by atoms with Crippen molar-refractivity contribution in [3.8, 4) is 0 Å². The van der Waals surface area contributed by atoms with Crippen LogP contribution >= 0.6 is 0 Å². The summed E-state index contributed by atoms with van der Waals surface area (Å²) in [6.45, 7) is 11.3. The average Bonchev–Trinajstić information content (AvgIpc) is 3.31. The largest absolute Gasteiger partial charge is 0.379 e. The zero-order chi connectivity index (χ0) is 20.5. The fourth-order valence-corrected chi connectivity index (χ4v) is 4.43. The number of aromatic nitrogens is 1. The Balaban J connectivity index is 1.45. The van der Waals surface area contributed by atoms with Crippen molar-refractivity contribution < 1.29 is 9.53 Å². The second kappa shape index (κ2) is 11.4. The highest BCUT2D eigenvalue weighted by molar-refractivity contribution is 5.73. The highest BCUT2D eigenvalue weighted by Crippen LogP contribution is 2.20. The zero-order valence-electron chi connectivity index (χ0n) is 18.0. The third-order valence-corrected chi connectivity index (χ3v) is 6.27. The number of nitrogens with one attached hydrogen (secondary N) is 2. The maximum atomic E-state index is 12.4. The van der Waals surface area contributed by atoms with Crippen molar-refractivity contribution >= 4 is 11.8 Å². The number of hydrogen-bond donors (Lipinski definition) is 2. The van der Waals surface area contributed by atoms with Gasteiger partial charge in [0, 0.05) is 51.5 Å². The van der Waals surface area contributed by atoms with Crippen LogP contribution in [0.4, 0.5) is 10.6 Å². The van der Waals surface area contributed by atoms with Crippen LogP contribution in [0.15, 0.2) is 18.3 Å². The SMILES string of the molecule is CCC(CC)C(CNC(=O)NCc1ccc(N2CCCC2)nc1)N1CCOCC1. The molecule has 2 aliphatic rings. The first-order valence-electron chi connectivity index (χ1n) is 11.2. The Kier molecular flexibility index (Phi) is 8.55. The fourth-order valence-electron chi connectivity index (χ4n) is 4.43. The molecule has 2 aliphatic heterocycles. The number of ether oxygens (including phenoxy) is 1. The Morgan fingerprint density at radius 2 is 1.83 bits per heavy atom. The van der Waals surface area contributed by atoms with Crippen molar-refractivity contribution in [3.05, 3.63) is 23.9 Å². The van der Waals surface area contributed by atoms with E-state index in [2.05, 4.69) is 51.4 Å². The Morgan fingerprint density at radius 1 is 1.10 bits per heavy atom. The molecule has 1 unspecified atom stereocenters. The highest BCUT2D eigenvalue weighted by atomic mass is 16.5. The number of amides is 2. The van der Waals surface area contributed by atoms with Gasteiger partial charge in [0.25, 0.3) is 0 Å². The Labute approximate surface area is 175 Å².